The van der Waals surface area contributed by atoms with Crippen LogP contribution in [0.1, 0.15) is 10.4 Å². The molecule has 0 spiro atoms. The van der Waals surface area contributed by atoms with Gasteiger partial charge in [0.25, 0.3) is 5.56 Å². The van der Waals surface area contributed by atoms with Crippen LogP contribution in [0.5, 0.6) is 0 Å². The lowest BCUT2D eigenvalue weighted by Gasteiger charge is -1.99. The Bertz CT molecular complexity index is 600. The molecule has 0 saturated heterocycles. The molecule has 0 aliphatic carbocycles. The Kier molecular flexibility index (Phi) is 2.32. The van der Waals surface area contributed by atoms with E-state index in [0.717, 1.165) is 6.07 Å². The van der Waals surface area contributed by atoms with Crippen LogP contribution in [0.15, 0.2) is 29.1 Å². The van der Waals surface area contributed by atoms with Crippen molar-refractivity contribution in [2.24, 2.45) is 0 Å². The summed E-state index contributed by atoms with van der Waals surface area (Å²) < 4.78 is 12.9. The van der Waals surface area contributed by atoms with Crippen molar-refractivity contribution in [3.63, 3.8) is 0 Å². The molecule has 3 N–H and O–H groups in total. The summed E-state index contributed by atoms with van der Waals surface area (Å²) in [4.78, 5) is 22.0. The van der Waals surface area contributed by atoms with Crippen LogP contribution in [0, 0.1) is 5.82 Å². The molecule has 6 heteroatoms. The number of carbonyl (C=O) groups is 1. The molecule has 0 saturated carbocycles. The van der Waals surface area contributed by atoms with Crippen LogP contribution in [0.25, 0.3) is 11.3 Å². The molecule has 0 fully saturated rings. The SMILES string of the molecule is O=C(O)c1c(-c2cccc(F)c2)[nH][nH]c1=O. The Morgan fingerprint density at radius 1 is 1.31 bits per heavy atom. The van der Waals surface area contributed by atoms with Gasteiger partial charge in [0.1, 0.15) is 5.82 Å². The predicted octanol–water partition coefficient (Wildman–Crippen LogP) is 1.21. The van der Waals surface area contributed by atoms with Gasteiger partial charge in [-0.2, -0.15) is 0 Å². The van der Waals surface area contributed by atoms with Gasteiger partial charge in [-0.3, -0.25) is 15.0 Å². The number of aromatic amines is 2. The van der Waals surface area contributed by atoms with Crippen LogP contribution in [0.4, 0.5) is 4.39 Å². The maximum atomic E-state index is 12.9. The Morgan fingerprint density at radius 2 is 2.06 bits per heavy atom. The smallest absolute Gasteiger partial charge is 0.343 e. The number of hydrogen-bond acceptors (Lipinski definition) is 2. The third kappa shape index (κ3) is 1.60. The molecular formula is C10H7FN2O3. The van der Waals surface area contributed by atoms with Crippen molar-refractivity contribution in [1.82, 2.24) is 10.2 Å². The summed E-state index contributed by atoms with van der Waals surface area (Å²) in [5.41, 5.74) is -0.801. The fourth-order valence-electron chi connectivity index (χ4n) is 1.42. The highest BCUT2D eigenvalue weighted by molar-refractivity contribution is 5.94. The van der Waals surface area contributed by atoms with Crippen molar-refractivity contribution >= 4 is 5.97 Å². The van der Waals surface area contributed by atoms with E-state index in [9.17, 15) is 14.0 Å². The molecule has 0 unspecified atom stereocenters. The number of aromatic carboxylic acids is 1. The van der Waals surface area contributed by atoms with Crippen LogP contribution in [-0.2, 0) is 0 Å². The molecule has 0 aliphatic rings. The van der Waals surface area contributed by atoms with Gasteiger partial charge >= 0.3 is 5.97 Å². The largest absolute Gasteiger partial charge is 0.477 e. The van der Waals surface area contributed by atoms with E-state index in [1.807, 2.05) is 0 Å². The summed E-state index contributed by atoms with van der Waals surface area (Å²) >= 11 is 0. The van der Waals surface area contributed by atoms with E-state index in [0.29, 0.717) is 5.56 Å². The molecule has 0 atom stereocenters. The molecule has 16 heavy (non-hydrogen) atoms. The maximum Gasteiger partial charge on any atom is 0.343 e. The predicted molar refractivity (Wildman–Crippen MR) is 53.8 cm³/mol. The summed E-state index contributed by atoms with van der Waals surface area (Å²) in [6, 6.07) is 5.32. The number of H-pyrrole nitrogens is 2. The summed E-state index contributed by atoms with van der Waals surface area (Å²) in [6.07, 6.45) is 0. The third-order valence-electron chi connectivity index (χ3n) is 2.11. The highest BCUT2D eigenvalue weighted by Crippen LogP contribution is 2.19. The molecule has 0 aliphatic heterocycles. The second-order valence-corrected chi connectivity index (χ2v) is 3.14. The molecule has 1 aromatic heterocycles. The van der Waals surface area contributed by atoms with Crippen LogP contribution in [0.2, 0.25) is 0 Å². The fraction of sp³-hybridized carbons (Fsp3) is 0. The molecule has 1 heterocycles. The van der Waals surface area contributed by atoms with Gasteiger partial charge in [0, 0.05) is 5.56 Å². The molecule has 0 amide bonds. The van der Waals surface area contributed by atoms with Gasteiger partial charge in [-0.05, 0) is 12.1 Å². The monoisotopic (exact) mass is 222 g/mol. The molecule has 0 radical (unpaired) electrons. The Labute approximate surface area is 88.5 Å². The minimum atomic E-state index is -1.36. The number of benzene rings is 1. The highest BCUT2D eigenvalue weighted by Gasteiger charge is 2.18. The zero-order valence-corrected chi connectivity index (χ0v) is 7.95. The third-order valence-corrected chi connectivity index (χ3v) is 2.11. The average molecular weight is 222 g/mol. The van der Waals surface area contributed by atoms with E-state index in [-0.39, 0.29) is 5.69 Å². The zero-order chi connectivity index (χ0) is 11.7. The zero-order valence-electron chi connectivity index (χ0n) is 7.95. The van der Waals surface area contributed by atoms with Crippen LogP contribution in [-0.4, -0.2) is 21.3 Å². The van der Waals surface area contributed by atoms with Crippen LogP contribution < -0.4 is 5.56 Å². The minimum Gasteiger partial charge on any atom is -0.477 e. The first kappa shape index (κ1) is 10.2. The van der Waals surface area contributed by atoms with E-state index in [1.54, 1.807) is 0 Å². The average Bonchev–Trinajstić information content (AvgIpc) is 2.60. The van der Waals surface area contributed by atoms with Crippen molar-refractivity contribution in [2.75, 3.05) is 0 Å². The lowest BCUT2D eigenvalue weighted by atomic mass is 10.1. The van der Waals surface area contributed by atoms with E-state index in [4.69, 9.17) is 5.11 Å². The first-order chi connectivity index (χ1) is 7.59. The van der Waals surface area contributed by atoms with Crippen molar-refractivity contribution in [2.45, 2.75) is 0 Å². The number of hydrogen-bond donors (Lipinski definition) is 3. The van der Waals surface area contributed by atoms with Crippen LogP contribution >= 0.6 is 0 Å². The summed E-state index contributed by atoms with van der Waals surface area (Å²) in [6.45, 7) is 0. The Morgan fingerprint density at radius 3 is 2.69 bits per heavy atom. The van der Waals surface area contributed by atoms with Gasteiger partial charge in [-0.1, -0.05) is 12.1 Å². The van der Waals surface area contributed by atoms with Gasteiger partial charge in [-0.25, -0.2) is 9.18 Å². The fourth-order valence-corrected chi connectivity index (χ4v) is 1.42. The van der Waals surface area contributed by atoms with E-state index < -0.39 is 22.9 Å². The Balaban J connectivity index is 2.65. The first-order valence-corrected chi connectivity index (χ1v) is 4.39. The minimum absolute atomic E-state index is 0.0667. The van der Waals surface area contributed by atoms with Gasteiger partial charge in [0.15, 0.2) is 5.56 Å². The molecule has 2 rings (SSSR count). The van der Waals surface area contributed by atoms with Crippen molar-refractivity contribution in [3.05, 3.63) is 46.0 Å². The van der Waals surface area contributed by atoms with Gasteiger partial charge in [0.05, 0.1) is 5.69 Å². The number of carboxylic acid groups (broad SMARTS) is 1. The molecule has 82 valence electrons. The van der Waals surface area contributed by atoms with Gasteiger partial charge in [0.2, 0.25) is 0 Å². The summed E-state index contributed by atoms with van der Waals surface area (Å²) in [7, 11) is 0. The molecule has 5 nitrogen and oxygen atoms in total. The maximum absolute atomic E-state index is 12.9. The highest BCUT2D eigenvalue weighted by atomic mass is 19.1. The second kappa shape index (κ2) is 3.65. The molecule has 1 aromatic carbocycles. The van der Waals surface area contributed by atoms with Crippen molar-refractivity contribution < 1.29 is 14.3 Å². The van der Waals surface area contributed by atoms with Gasteiger partial charge in [-0.15, -0.1) is 0 Å². The number of halogens is 1. The topological polar surface area (TPSA) is 85.9 Å². The van der Waals surface area contributed by atoms with E-state index >= 15 is 0 Å². The Hall–Kier alpha value is -2.37. The molecule has 2 aromatic rings. The second-order valence-electron chi connectivity index (χ2n) is 3.14. The van der Waals surface area contributed by atoms with E-state index in [1.165, 1.54) is 18.2 Å². The molecular weight excluding hydrogens is 215 g/mol. The quantitative estimate of drug-likeness (QED) is 0.713. The van der Waals surface area contributed by atoms with E-state index in [2.05, 4.69) is 10.2 Å². The van der Waals surface area contributed by atoms with Crippen molar-refractivity contribution in [1.29, 1.82) is 0 Å². The first-order valence-electron chi connectivity index (χ1n) is 4.39. The van der Waals surface area contributed by atoms with Crippen molar-refractivity contribution in [3.8, 4) is 11.3 Å². The lowest BCUT2D eigenvalue weighted by Crippen LogP contribution is -2.12. The summed E-state index contributed by atoms with van der Waals surface area (Å²) in [5.74, 6) is -1.86. The van der Waals surface area contributed by atoms with Crippen LogP contribution in [0.3, 0.4) is 0 Å². The number of carboxylic acids is 1. The molecule has 0 bridgehead atoms. The number of rotatable bonds is 2. The normalized spacial score (nSPS) is 10.3. The standard InChI is InChI=1S/C10H7FN2O3/c11-6-3-1-2-5(4-6)8-7(10(15)16)9(14)13-12-8/h1-4H,(H,15,16)(H2,12,13,14). The summed E-state index contributed by atoms with van der Waals surface area (Å²) in [5, 5.41) is 13.4. The number of nitrogens with one attached hydrogen (secondary N) is 2. The lowest BCUT2D eigenvalue weighted by molar-refractivity contribution is 0.0696. The number of aromatic nitrogens is 2. The van der Waals surface area contributed by atoms with Gasteiger partial charge < -0.3 is 5.11 Å².